The van der Waals surface area contributed by atoms with E-state index in [1.54, 1.807) is 12.1 Å². The Balaban J connectivity index is 2.02. The van der Waals surface area contributed by atoms with Crippen LogP contribution in [0.5, 0.6) is 0 Å². The molecule has 1 aromatic rings. The molecule has 2 fully saturated rings. The standard InChI is InChI=1S/C15H22N2O4S2/c1-11-6-12(2)8-13(7-11)23(20,21)17-5-4-16(3)14-9-22(18,19)10-15(14)17/h6-8,14-15H,4-5,9-10H2,1-3H3/t14-,15+/m1/s1. The van der Waals surface area contributed by atoms with E-state index >= 15 is 0 Å². The average Bonchev–Trinajstić information content (AvgIpc) is 2.73. The highest BCUT2D eigenvalue weighted by molar-refractivity contribution is 7.92. The van der Waals surface area contributed by atoms with Crippen molar-refractivity contribution in [3.8, 4) is 0 Å². The van der Waals surface area contributed by atoms with Crippen molar-refractivity contribution in [2.45, 2.75) is 30.8 Å². The maximum atomic E-state index is 13.1. The van der Waals surface area contributed by atoms with Crippen molar-refractivity contribution in [2.24, 2.45) is 0 Å². The quantitative estimate of drug-likeness (QED) is 0.765. The predicted octanol–water partition coefficient (Wildman–Crippen LogP) is 0.405. The summed E-state index contributed by atoms with van der Waals surface area (Å²) in [6.45, 7) is 4.58. The molecule has 8 heteroatoms. The van der Waals surface area contributed by atoms with Gasteiger partial charge in [0.1, 0.15) is 0 Å². The third-order valence-corrected chi connectivity index (χ3v) is 8.31. The third kappa shape index (κ3) is 3.05. The van der Waals surface area contributed by atoms with E-state index in [1.165, 1.54) is 4.31 Å². The second kappa shape index (κ2) is 5.54. The van der Waals surface area contributed by atoms with Gasteiger partial charge in [-0.15, -0.1) is 0 Å². The highest BCUT2D eigenvalue weighted by Crippen LogP contribution is 2.31. The van der Waals surface area contributed by atoms with Crippen LogP contribution in [0.15, 0.2) is 23.1 Å². The van der Waals surface area contributed by atoms with E-state index in [-0.39, 0.29) is 22.4 Å². The molecule has 23 heavy (non-hydrogen) atoms. The number of rotatable bonds is 2. The normalized spacial score (nSPS) is 28.7. The smallest absolute Gasteiger partial charge is 0.243 e. The Kier molecular flexibility index (Phi) is 4.07. The van der Waals surface area contributed by atoms with E-state index in [9.17, 15) is 16.8 Å². The van der Waals surface area contributed by atoms with Crippen molar-refractivity contribution < 1.29 is 16.8 Å². The van der Waals surface area contributed by atoms with Crippen LogP contribution in [0, 0.1) is 13.8 Å². The van der Waals surface area contributed by atoms with E-state index in [1.807, 2.05) is 31.9 Å². The van der Waals surface area contributed by atoms with Crippen molar-refractivity contribution in [1.82, 2.24) is 9.21 Å². The maximum Gasteiger partial charge on any atom is 0.243 e. The van der Waals surface area contributed by atoms with Gasteiger partial charge in [0.2, 0.25) is 10.0 Å². The Morgan fingerprint density at radius 3 is 2.17 bits per heavy atom. The van der Waals surface area contributed by atoms with Gasteiger partial charge in [-0.25, -0.2) is 16.8 Å². The molecule has 0 saturated carbocycles. The molecule has 2 aliphatic rings. The number of fused-ring (bicyclic) bond motifs is 1. The SMILES string of the molecule is Cc1cc(C)cc(S(=O)(=O)N2CCN(C)[C@@H]3CS(=O)(=O)C[C@@H]32)c1. The van der Waals surface area contributed by atoms with Gasteiger partial charge in [0.15, 0.2) is 9.84 Å². The zero-order valence-electron chi connectivity index (χ0n) is 13.6. The fraction of sp³-hybridized carbons (Fsp3) is 0.600. The summed E-state index contributed by atoms with van der Waals surface area (Å²) in [5, 5.41) is 0. The van der Waals surface area contributed by atoms with Crippen molar-refractivity contribution in [3.63, 3.8) is 0 Å². The van der Waals surface area contributed by atoms with Crippen molar-refractivity contribution >= 4 is 19.9 Å². The van der Waals surface area contributed by atoms with Crippen LogP contribution in [0.3, 0.4) is 0 Å². The minimum Gasteiger partial charge on any atom is -0.299 e. The molecule has 128 valence electrons. The molecule has 1 aromatic carbocycles. The molecular weight excluding hydrogens is 336 g/mol. The first kappa shape index (κ1) is 16.9. The fourth-order valence-electron chi connectivity index (χ4n) is 3.61. The minimum absolute atomic E-state index is 0.0348. The van der Waals surface area contributed by atoms with Gasteiger partial charge in [-0.05, 0) is 44.2 Å². The average molecular weight is 358 g/mol. The zero-order chi connectivity index (χ0) is 17.0. The van der Waals surface area contributed by atoms with Crippen LogP contribution in [-0.4, -0.2) is 69.8 Å². The lowest BCUT2D eigenvalue weighted by Gasteiger charge is -2.41. The van der Waals surface area contributed by atoms with Gasteiger partial charge in [-0.3, -0.25) is 4.90 Å². The molecule has 2 heterocycles. The Labute approximate surface area is 138 Å². The van der Waals surface area contributed by atoms with Gasteiger partial charge in [-0.1, -0.05) is 6.07 Å². The molecule has 0 aromatic heterocycles. The number of sulfonamides is 1. The van der Waals surface area contributed by atoms with Gasteiger partial charge < -0.3 is 0 Å². The number of piperazine rings is 1. The van der Waals surface area contributed by atoms with Crippen LogP contribution in [0.4, 0.5) is 0 Å². The number of benzene rings is 1. The first-order valence-corrected chi connectivity index (χ1v) is 10.9. The molecule has 0 spiro atoms. The summed E-state index contributed by atoms with van der Waals surface area (Å²) < 4.78 is 51.6. The number of nitrogens with zero attached hydrogens (tertiary/aromatic N) is 2. The van der Waals surface area contributed by atoms with Crippen LogP contribution in [0.2, 0.25) is 0 Å². The number of hydrogen-bond acceptors (Lipinski definition) is 5. The molecule has 0 amide bonds. The fourth-order valence-corrected chi connectivity index (χ4v) is 7.59. The predicted molar refractivity (Wildman–Crippen MR) is 88.7 cm³/mol. The largest absolute Gasteiger partial charge is 0.299 e. The first-order chi connectivity index (χ1) is 10.6. The summed E-state index contributed by atoms with van der Waals surface area (Å²) in [6.07, 6.45) is 0. The summed E-state index contributed by atoms with van der Waals surface area (Å²) in [6, 6.07) is 4.48. The lowest BCUT2D eigenvalue weighted by atomic mass is 10.1. The molecule has 0 N–H and O–H groups in total. The van der Waals surface area contributed by atoms with Gasteiger partial charge >= 0.3 is 0 Å². The lowest BCUT2D eigenvalue weighted by Crippen LogP contribution is -2.59. The minimum atomic E-state index is -3.69. The summed E-state index contributed by atoms with van der Waals surface area (Å²) in [5.74, 6) is -0.0565. The molecule has 0 radical (unpaired) electrons. The summed E-state index contributed by atoms with van der Waals surface area (Å²) >= 11 is 0. The molecule has 2 aliphatic heterocycles. The van der Waals surface area contributed by atoms with Crippen LogP contribution in [0.1, 0.15) is 11.1 Å². The monoisotopic (exact) mass is 358 g/mol. The molecule has 0 unspecified atom stereocenters. The van der Waals surface area contributed by atoms with E-state index in [4.69, 9.17) is 0 Å². The number of hydrogen-bond donors (Lipinski definition) is 0. The molecule has 0 bridgehead atoms. The van der Waals surface area contributed by atoms with Gasteiger partial charge in [0.25, 0.3) is 0 Å². The topological polar surface area (TPSA) is 74.8 Å². The van der Waals surface area contributed by atoms with Crippen molar-refractivity contribution in [1.29, 1.82) is 0 Å². The number of sulfone groups is 1. The molecular formula is C15H22N2O4S2. The Bertz CT molecular complexity index is 813. The van der Waals surface area contributed by atoms with Crippen LogP contribution < -0.4 is 0 Å². The van der Waals surface area contributed by atoms with Gasteiger partial charge in [0.05, 0.1) is 22.4 Å². The Morgan fingerprint density at radius 2 is 1.57 bits per heavy atom. The number of aryl methyl sites for hydroxylation is 2. The van der Waals surface area contributed by atoms with Gasteiger partial charge in [-0.2, -0.15) is 4.31 Å². The van der Waals surface area contributed by atoms with Crippen LogP contribution >= 0.6 is 0 Å². The molecule has 3 rings (SSSR count). The maximum absolute atomic E-state index is 13.1. The van der Waals surface area contributed by atoms with E-state index < -0.39 is 25.9 Å². The van der Waals surface area contributed by atoms with E-state index in [2.05, 4.69) is 0 Å². The molecule has 0 aliphatic carbocycles. The van der Waals surface area contributed by atoms with Crippen molar-refractivity contribution in [2.75, 3.05) is 31.6 Å². The summed E-state index contributed by atoms with van der Waals surface area (Å²) in [5.41, 5.74) is 1.77. The van der Waals surface area contributed by atoms with E-state index in [0.29, 0.717) is 13.1 Å². The molecule has 2 saturated heterocycles. The second-order valence-corrected chi connectivity index (χ2v) is 10.7. The summed E-state index contributed by atoms with van der Waals surface area (Å²) in [4.78, 5) is 2.21. The van der Waals surface area contributed by atoms with Crippen molar-refractivity contribution in [3.05, 3.63) is 29.3 Å². The van der Waals surface area contributed by atoms with Crippen LogP contribution in [-0.2, 0) is 19.9 Å². The summed E-state index contributed by atoms with van der Waals surface area (Å²) in [7, 11) is -5.03. The van der Waals surface area contributed by atoms with E-state index in [0.717, 1.165) is 11.1 Å². The van der Waals surface area contributed by atoms with Crippen LogP contribution in [0.25, 0.3) is 0 Å². The number of likely N-dealkylation sites (N-methyl/N-ethyl adjacent to an activating group) is 1. The lowest BCUT2D eigenvalue weighted by molar-refractivity contribution is 0.121. The highest BCUT2D eigenvalue weighted by Gasteiger charge is 2.49. The Hall–Kier alpha value is -0.960. The third-order valence-electron chi connectivity index (χ3n) is 4.70. The van der Waals surface area contributed by atoms with Gasteiger partial charge in [0, 0.05) is 19.1 Å². The molecule has 2 atom stereocenters. The first-order valence-electron chi connectivity index (χ1n) is 7.61. The highest BCUT2D eigenvalue weighted by atomic mass is 32.2. The Morgan fingerprint density at radius 1 is 1.00 bits per heavy atom. The molecule has 6 nitrogen and oxygen atoms in total. The second-order valence-electron chi connectivity index (χ2n) is 6.63. The zero-order valence-corrected chi connectivity index (χ0v) is 15.2.